The Hall–Kier alpha value is -1.86. The van der Waals surface area contributed by atoms with E-state index in [4.69, 9.17) is 11.6 Å². The van der Waals surface area contributed by atoms with Crippen molar-refractivity contribution in [1.29, 1.82) is 0 Å². The van der Waals surface area contributed by atoms with Gasteiger partial charge in [0.15, 0.2) is 5.15 Å². The Bertz CT molecular complexity index is 751. The molecule has 2 N–H and O–H groups in total. The highest BCUT2D eigenvalue weighted by Crippen LogP contribution is 2.22. The third-order valence-corrected chi connectivity index (χ3v) is 3.95. The zero-order valence-electron chi connectivity index (χ0n) is 9.84. The fraction of sp³-hybridized carbons (Fsp3) is 0.0909. The lowest BCUT2D eigenvalue weighted by atomic mass is 10.3. The van der Waals surface area contributed by atoms with Gasteiger partial charge in [0, 0.05) is 18.5 Å². The Morgan fingerprint density at radius 1 is 1.37 bits per heavy atom. The zero-order valence-corrected chi connectivity index (χ0v) is 11.4. The average Bonchev–Trinajstić information content (AvgIpc) is 2.34. The van der Waals surface area contributed by atoms with Crippen LogP contribution in [0.25, 0.3) is 0 Å². The molecule has 0 amide bonds. The van der Waals surface area contributed by atoms with Gasteiger partial charge < -0.3 is 4.98 Å². The molecule has 0 bridgehead atoms. The molecule has 2 rings (SSSR count). The molecule has 19 heavy (non-hydrogen) atoms. The highest BCUT2D eigenvalue weighted by Gasteiger charge is 2.16. The van der Waals surface area contributed by atoms with E-state index in [0.717, 1.165) is 17.8 Å². The summed E-state index contributed by atoms with van der Waals surface area (Å²) < 4.78 is 26.4. The molecule has 0 aliphatic rings. The third kappa shape index (κ3) is 3.12. The van der Waals surface area contributed by atoms with Gasteiger partial charge in [-0.3, -0.25) is 9.52 Å². The number of hydrogen-bond acceptors (Lipinski definition) is 4. The van der Waals surface area contributed by atoms with Gasteiger partial charge in [-0.15, -0.1) is 0 Å². The summed E-state index contributed by atoms with van der Waals surface area (Å²) in [7, 11) is -3.81. The Balaban J connectivity index is 2.39. The van der Waals surface area contributed by atoms with Gasteiger partial charge in [-0.05, 0) is 24.6 Å². The summed E-state index contributed by atoms with van der Waals surface area (Å²) in [5.74, 6) is 0. The molecule has 100 valence electrons. The van der Waals surface area contributed by atoms with Crippen LogP contribution in [0.15, 0.2) is 40.3 Å². The summed E-state index contributed by atoms with van der Waals surface area (Å²) in [6.45, 7) is 1.77. The Morgan fingerprint density at radius 2 is 2.11 bits per heavy atom. The number of hydrogen-bond donors (Lipinski definition) is 2. The average molecular weight is 300 g/mol. The first-order chi connectivity index (χ1) is 8.88. The largest absolute Gasteiger partial charge is 0.328 e. The van der Waals surface area contributed by atoms with Crippen LogP contribution in [-0.4, -0.2) is 18.4 Å². The molecule has 6 nitrogen and oxygen atoms in total. The van der Waals surface area contributed by atoms with Gasteiger partial charge in [-0.1, -0.05) is 11.6 Å². The predicted molar refractivity (Wildman–Crippen MR) is 71.9 cm³/mol. The Kier molecular flexibility index (Phi) is 3.59. The molecule has 0 saturated heterocycles. The number of aromatic amines is 1. The van der Waals surface area contributed by atoms with E-state index in [1.54, 1.807) is 13.0 Å². The van der Waals surface area contributed by atoms with E-state index in [2.05, 4.69) is 14.7 Å². The van der Waals surface area contributed by atoms with E-state index < -0.39 is 10.0 Å². The van der Waals surface area contributed by atoms with E-state index in [9.17, 15) is 13.2 Å². The number of rotatable bonds is 3. The van der Waals surface area contributed by atoms with E-state index in [1.807, 2.05) is 0 Å². The first kappa shape index (κ1) is 13.6. The number of sulfonamides is 1. The van der Waals surface area contributed by atoms with Crippen molar-refractivity contribution in [3.63, 3.8) is 0 Å². The van der Waals surface area contributed by atoms with E-state index in [1.165, 1.54) is 12.3 Å². The summed E-state index contributed by atoms with van der Waals surface area (Å²) in [5.41, 5.74) is 0.575. The fourth-order valence-electron chi connectivity index (χ4n) is 1.39. The van der Waals surface area contributed by atoms with Crippen LogP contribution in [0.3, 0.4) is 0 Å². The van der Waals surface area contributed by atoms with Crippen LogP contribution in [0.5, 0.6) is 0 Å². The van der Waals surface area contributed by atoms with Crippen LogP contribution < -0.4 is 10.3 Å². The van der Waals surface area contributed by atoms with Crippen molar-refractivity contribution in [3.8, 4) is 0 Å². The molecule has 2 aromatic rings. The molecule has 2 heterocycles. The Labute approximate surface area is 114 Å². The molecule has 0 unspecified atom stereocenters. The van der Waals surface area contributed by atoms with E-state index in [0.29, 0.717) is 0 Å². The lowest BCUT2D eigenvalue weighted by Gasteiger charge is -2.09. The molecule has 8 heteroatoms. The Morgan fingerprint density at radius 3 is 2.74 bits per heavy atom. The predicted octanol–water partition coefficient (Wildman–Crippen LogP) is 1.53. The summed E-state index contributed by atoms with van der Waals surface area (Å²) in [6, 6.07) is 3.90. The first-order valence-electron chi connectivity index (χ1n) is 5.22. The SMILES string of the molecule is Cc1cnc(Cl)c(NS(=O)(=O)c2ccc(=O)[nH]c2)c1. The van der Waals surface area contributed by atoms with Gasteiger partial charge in [-0.25, -0.2) is 13.4 Å². The molecule has 0 saturated carbocycles. The zero-order chi connectivity index (χ0) is 14.0. The molecule has 0 spiro atoms. The van der Waals surface area contributed by atoms with E-state index in [-0.39, 0.29) is 21.3 Å². The van der Waals surface area contributed by atoms with Crippen molar-refractivity contribution in [2.45, 2.75) is 11.8 Å². The fourth-order valence-corrected chi connectivity index (χ4v) is 2.62. The summed E-state index contributed by atoms with van der Waals surface area (Å²) in [5, 5.41) is 0.0543. The molecule has 2 aromatic heterocycles. The van der Waals surface area contributed by atoms with Crippen molar-refractivity contribution in [2.24, 2.45) is 0 Å². The number of aromatic nitrogens is 2. The standard InChI is InChI=1S/C11H10ClN3O3S/c1-7-4-9(11(12)14-5-7)15-19(17,18)8-2-3-10(16)13-6-8/h2-6,15H,1H3,(H,13,16). The third-order valence-electron chi connectivity index (χ3n) is 2.29. The number of anilines is 1. The van der Waals surface area contributed by atoms with Crippen LogP contribution in [-0.2, 0) is 10.0 Å². The summed E-state index contributed by atoms with van der Waals surface area (Å²) in [6.07, 6.45) is 2.64. The molecule has 0 aliphatic heterocycles. The molecule has 0 radical (unpaired) electrons. The molecule has 0 aromatic carbocycles. The minimum atomic E-state index is -3.81. The minimum Gasteiger partial charge on any atom is -0.328 e. The smallest absolute Gasteiger partial charge is 0.263 e. The van der Waals surface area contributed by atoms with Crippen LogP contribution in [0.4, 0.5) is 5.69 Å². The molecule has 0 atom stereocenters. The van der Waals surface area contributed by atoms with Gasteiger partial charge in [0.05, 0.1) is 5.69 Å². The number of H-pyrrole nitrogens is 1. The van der Waals surface area contributed by atoms with Crippen molar-refractivity contribution < 1.29 is 8.42 Å². The monoisotopic (exact) mass is 299 g/mol. The summed E-state index contributed by atoms with van der Waals surface area (Å²) in [4.78, 5) is 17.0. The van der Waals surface area contributed by atoms with Gasteiger partial charge in [-0.2, -0.15) is 0 Å². The highest BCUT2D eigenvalue weighted by atomic mass is 35.5. The number of nitrogens with zero attached hydrogens (tertiary/aromatic N) is 1. The number of aryl methyl sites for hydroxylation is 1. The number of halogens is 1. The van der Waals surface area contributed by atoms with E-state index >= 15 is 0 Å². The lowest BCUT2D eigenvalue weighted by Crippen LogP contribution is -2.15. The van der Waals surface area contributed by atoms with Crippen LogP contribution in [0.1, 0.15) is 5.56 Å². The van der Waals surface area contributed by atoms with Gasteiger partial charge in [0.1, 0.15) is 4.90 Å². The second-order valence-corrected chi connectivity index (χ2v) is 5.89. The molecule has 0 fully saturated rings. The minimum absolute atomic E-state index is 0.0543. The van der Waals surface area contributed by atoms with Gasteiger partial charge in [0.2, 0.25) is 5.56 Å². The second-order valence-electron chi connectivity index (χ2n) is 3.85. The number of nitrogens with one attached hydrogen (secondary N) is 2. The second kappa shape index (κ2) is 5.02. The number of pyridine rings is 2. The van der Waals surface area contributed by atoms with Crippen LogP contribution >= 0.6 is 11.6 Å². The van der Waals surface area contributed by atoms with Crippen LogP contribution in [0.2, 0.25) is 5.15 Å². The van der Waals surface area contributed by atoms with Crippen molar-refractivity contribution in [3.05, 3.63) is 51.7 Å². The normalized spacial score (nSPS) is 11.3. The molecule has 0 aliphatic carbocycles. The maximum atomic E-state index is 12.1. The summed E-state index contributed by atoms with van der Waals surface area (Å²) >= 11 is 5.82. The topological polar surface area (TPSA) is 91.9 Å². The lowest BCUT2D eigenvalue weighted by molar-refractivity contribution is 0.600. The molecular weight excluding hydrogens is 290 g/mol. The van der Waals surface area contributed by atoms with Crippen LogP contribution in [0, 0.1) is 6.92 Å². The molecular formula is C11H10ClN3O3S. The maximum Gasteiger partial charge on any atom is 0.263 e. The first-order valence-corrected chi connectivity index (χ1v) is 7.08. The van der Waals surface area contributed by atoms with Gasteiger partial charge >= 0.3 is 0 Å². The van der Waals surface area contributed by atoms with Crippen molar-refractivity contribution in [2.75, 3.05) is 4.72 Å². The van der Waals surface area contributed by atoms with Crippen molar-refractivity contribution >= 4 is 27.3 Å². The maximum absolute atomic E-state index is 12.1. The highest BCUT2D eigenvalue weighted by molar-refractivity contribution is 7.92. The quantitative estimate of drug-likeness (QED) is 0.841. The van der Waals surface area contributed by atoms with Crippen molar-refractivity contribution in [1.82, 2.24) is 9.97 Å². The van der Waals surface area contributed by atoms with Gasteiger partial charge in [0.25, 0.3) is 10.0 Å².